The highest BCUT2D eigenvalue weighted by Gasteiger charge is 2.38. The maximum Gasteiger partial charge on any atom is 0.416 e. The number of anilines is 2. The lowest BCUT2D eigenvalue weighted by molar-refractivity contribution is -0.137. The van der Waals surface area contributed by atoms with E-state index in [2.05, 4.69) is 10.0 Å². The number of hydrogen-bond donors (Lipinski definition) is 2. The summed E-state index contributed by atoms with van der Waals surface area (Å²) in [5.74, 6) is -0.434. The fourth-order valence-corrected chi connectivity index (χ4v) is 5.49. The Labute approximate surface area is 196 Å². The lowest BCUT2D eigenvalue weighted by Crippen LogP contribution is -2.38. The number of carbonyl (C=O) groups is 1. The lowest BCUT2D eigenvalue weighted by Gasteiger charge is -2.39. The summed E-state index contributed by atoms with van der Waals surface area (Å²) in [6.45, 7) is 3.80. The number of nitrogens with one attached hydrogen (secondary N) is 2. The molecule has 0 aliphatic carbocycles. The molecule has 1 amide bonds. The van der Waals surface area contributed by atoms with Crippen LogP contribution in [-0.2, 0) is 27.4 Å². The summed E-state index contributed by atoms with van der Waals surface area (Å²) >= 11 is 0. The van der Waals surface area contributed by atoms with Crippen LogP contribution in [0.4, 0.5) is 24.5 Å². The van der Waals surface area contributed by atoms with Crippen LogP contribution in [0, 0.1) is 0 Å². The summed E-state index contributed by atoms with van der Waals surface area (Å²) in [5, 5.41) is 2.80. The first kappa shape index (κ1) is 24.1. The Kier molecular flexibility index (Phi) is 6.14. The van der Waals surface area contributed by atoms with Crippen LogP contribution in [0.25, 0.3) is 5.57 Å². The molecule has 2 heterocycles. The molecule has 2 aromatic carbocycles. The molecule has 0 saturated heterocycles. The number of ether oxygens (including phenoxy) is 1. The minimum Gasteiger partial charge on any atom is -0.486 e. The topological polar surface area (TPSA) is 84.5 Å². The third-order valence-corrected chi connectivity index (χ3v) is 7.68. The number of carbonyl (C=O) groups excluding carboxylic acids is 1. The highest BCUT2D eigenvalue weighted by atomic mass is 32.2. The second kappa shape index (κ2) is 8.65. The molecule has 2 aliphatic rings. The largest absolute Gasteiger partial charge is 0.486 e. The predicted octanol–water partition coefficient (Wildman–Crippen LogP) is 5.37. The molecule has 0 spiro atoms. The van der Waals surface area contributed by atoms with E-state index in [1.807, 2.05) is 13.8 Å². The van der Waals surface area contributed by atoms with Gasteiger partial charge in [0.05, 0.1) is 17.0 Å². The number of rotatable bonds is 4. The third kappa shape index (κ3) is 4.77. The SMILES string of the molecule is CCC1(CC)C/C(=C\C(=O)Nc2cccc3c2CCS(=O)(=O)N3)c2ccc(C(F)(F)F)cc2O1. The Morgan fingerprint density at radius 2 is 1.94 bits per heavy atom. The minimum atomic E-state index is -4.51. The average Bonchev–Trinajstić information content (AvgIpc) is 2.77. The van der Waals surface area contributed by atoms with Crippen LogP contribution in [0.1, 0.15) is 49.8 Å². The number of sulfonamides is 1. The van der Waals surface area contributed by atoms with Gasteiger partial charge in [0, 0.05) is 29.3 Å². The number of halogens is 3. The molecular formula is C24H25F3N2O4S. The molecule has 10 heteroatoms. The van der Waals surface area contributed by atoms with Crippen LogP contribution in [0.3, 0.4) is 0 Å². The highest BCUT2D eigenvalue weighted by Crippen LogP contribution is 2.45. The highest BCUT2D eigenvalue weighted by molar-refractivity contribution is 7.92. The Morgan fingerprint density at radius 1 is 1.21 bits per heavy atom. The molecule has 182 valence electrons. The van der Waals surface area contributed by atoms with Crippen molar-refractivity contribution >= 4 is 32.9 Å². The van der Waals surface area contributed by atoms with Gasteiger partial charge in [0.2, 0.25) is 15.9 Å². The van der Waals surface area contributed by atoms with Gasteiger partial charge < -0.3 is 10.1 Å². The number of amides is 1. The zero-order valence-electron chi connectivity index (χ0n) is 18.8. The molecule has 2 aliphatic heterocycles. The standard InChI is InChI=1S/C24H25F3N2O4S/c1-3-23(4-2)14-15(17-9-8-16(24(25,26)27)13-21(17)33-23)12-22(30)28-19-6-5-7-20-18(19)10-11-34(31,32)29-20/h5-9,12-13,29H,3-4,10-11,14H2,1-2H3,(H,28,30)/b15-12+. The average molecular weight is 495 g/mol. The molecule has 0 bridgehead atoms. The van der Waals surface area contributed by atoms with E-state index in [-0.39, 0.29) is 17.9 Å². The Balaban J connectivity index is 1.68. The summed E-state index contributed by atoms with van der Waals surface area (Å²) in [5.41, 5.74) is 1.10. The van der Waals surface area contributed by atoms with E-state index in [0.29, 0.717) is 47.3 Å². The molecule has 0 radical (unpaired) electrons. The summed E-state index contributed by atoms with van der Waals surface area (Å²) in [6.07, 6.45) is -1.37. The molecule has 0 saturated carbocycles. The van der Waals surface area contributed by atoms with E-state index in [1.54, 1.807) is 18.2 Å². The van der Waals surface area contributed by atoms with Crippen molar-refractivity contribution in [2.75, 3.05) is 15.8 Å². The van der Waals surface area contributed by atoms with Gasteiger partial charge in [0.25, 0.3) is 0 Å². The van der Waals surface area contributed by atoms with Gasteiger partial charge in [-0.25, -0.2) is 8.42 Å². The Morgan fingerprint density at radius 3 is 2.62 bits per heavy atom. The summed E-state index contributed by atoms with van der Waals surface area (Å²) in [6, 6.07) is 8.26. The van der Waals surface area contributed by atoms with Crippen LogP contribution >= 0.6 is 0 Å². The first-order valence-electron chi connectivity index (χ1n) is 11.0. The van der Waals surface area contributed by atoms with Gasteiger partial charge in [-0.3, -0.25) is 9.52 Å². The van der Waals surface area contributed by atoms with E-state index in [1.165, 1.54) is 12.1 Å². The normalized spacial score (nSPS) is 19.4. The first-order chi connectivity index (χ1) is 16.0. The molecule has 0 aromatic heterocycles. The predicted molar refractivity (Wildman–Crippen MR) is 124 cm³/mol. The molecular weight excluding hydrogens is 469 g/mol. The van der Waals surface area contributed by atoms with E-state index in [4.69, 9.17) is 4.74 Å². The maximum atomic E-state index is 13.3. The van der Waals surface area contributed by atoms with Gasteiger partial charge in [-0.1, -0.05) is 26.0 Å². The molecule has 0 fully saturated rings. The first-order valence-corrected chi connectivity index (χ1v) is 12.6. The van der Waals surface area contributed by atoms with Gasteiger partial charge in [0.15, 0.2) is 0 Å². The van der Waals surface area contributed by atoms with Crippen LogP contribution < -0.4 is 14.8 Å². The summed E-state index contributed by atoms with van der Waals surface area (Å²) in [4.78, 5) is 13.0. The van der Waals surface area contributed by atoms with Crippen molar-refractivity contribution in [3.63, 3.8) is 0 Å². The smallest absolute Gasteiger partial charge is 0.416 e. The molecule has 4 rings (SSSR count). The lowest BCUT2D eigenvalue weighted by atomic mass is 9.83. The Bertz CT molecular complexity index is 1270. The summed E-state index contributed by atoms with van der Waals surface area (Å²) < 4.78 is 72.0. The van der Waals surface area contributed by atoms with Gasteiger partial charge in [-0.15, -0.1) is 0 Å². The summed E-state index contributed by atoms with van der Waals surface area (Å²) in [7, 11) is -3.40. The van der Waals surface area contributed by atoms with Crippen molar-refractivity contribution in [1.29, 1.82) is 0 Å². The minimum absolute atomic E-state index is 0.0876. The fourth-order valence-electron chi connectivity index (χ4n) is 4.38. The zero-order chi connectivity index (χ0) is 24.7. The zero-order valence-corrected chi connectivity index (χ0v) is 19.6. The quantitative estimate of drug-likeness (QED) is 0.560. The van der Waals surface area contributed by atoms with Crippen LogP contribution in [0.2, 0.25) is 0 Å². The number of benzene rings is 2. The van der Waals surface area contributed by atoms with Crippen molar-refractivity contribution in [3.8, 4) is 5.75 Å². The van der Waals surface area contributed by atoms with Crippen molar-refractivity contribution in [2.45, 2.75) is 51.3 Å². The van der Waals surface area contributed by atoms with Crippen LogP contribution in [0.15, 0.2) is 42.5 Å². The van der Waals surface area contributed by atoms with E-state index >= 15 is 0 Å². The Hall–Kier alpha value is -3.01. The van der Waals surface area contributed by atoms with Gasteiger partial charge in [-0.05, 0) is 49.1 Å². The number of hydrogen-bond acceptors (Lipinski definition) is 4. The second-order valence-electron chi connectivity index (χ2n) is 8.54. The van der Waals surface area contributed by atoms with Gasteiger partial charge in [-0.2, -0.15) is 13.2 Å². The molecule has 2 N–H and O–H groups in total. The number of alkyl halides is 3. The van der Waals surface area contributed by atoms with E-state index in [9.17, 15) is 26.4 Å². The van der Waals surface area contributed by atoms with Gasteiger partial charge >= 0.3 is 6.18 Å². The van der Waals surface area contributed by atoms with Crippen molar-refractivity contribution < 1.29 is 31.1 Å². The third-order valence-electron chi connectivity index (χ3n) is 6.41. The molecule has 0 unspecified atom stereocenters. The van der Waals surface area contributed by atoms with Crippen molar-refractivity contribution in [1.82, 2.24) is 0 Å². The molecule has 0 atom stereocenters. The van der Waals surface area contributed by atoms with Crippen LogP contribution in [0.5, 0.6) is 5.75 Å². The number of fused-ring (bicyclic) bond motifs is 2. The monoisotopic (exact) mass is 494 g/mol. The van der Waals surface area contributed by atoms with E-state index < -0.39 is 33.3 Å². The van der Waals surface area contributed by atoms with Crippen molar-refractivity contribution in [3.05, 3.63) is 59.2 Å². The maximum absolute atomic E-state index is 13.3. The fraction of sp³-hybridized carbons (Fsp3) is 0.375. The van der Waals surface area contributed by atoms with Crippen LogP contribution in [-0.4, -0.2) is 25.7 Å². The molecule has 2 aromatic rings. The van der Waals surface area contributed by atoms with Gasteiger partial charge in [0.1, 0.15) is 11.4 Å². The van der Waals surface area contributed by atoms with Crippen molar-refractivity contribution in [2.24, 2.45) is 0 Å². The second-order valence-corrected chi connectivity index (χ2v) is 10.4. The molecule has 6 nitrogen and oxygen atoms in total. The van der Waals surface area contributed by atoms with E-state index in [0.717, 1.165) is 12.1 Å². The molecule has 34 heavy (non-hydrogen) atoms.